The van der Waals surface area contributed by atoms with E-state index in [1.165, 1.54) is 5.01 Å². The molecule has 0 N–H and O–H groups in total. The molecule has 0 bridgehead atoms. The van der Waals surface area contributed by atoms with E-state index in [9.17, 15) is 5.26 Å². The fourth-order valence-electron chi connectivity index (χ4n) is 2.09. The Morgan fingerprint density at radius 1 is 1.31 bits per heavy atom. The third-order valence-electron chi connectivity index (χ3n) is 3.59. The van der Waals surface area contributed by atoms with Crippen LogP contribution in [0.15, 0.2) is 33.8 Å². The van der Waals surface area contributed by atoms with Crippen molar-refractivity contribution in [3.8, 4) is 6.07 Å². The van der Waals surface area contributed by atoms with Crippen molar-refractivity contribution in [2.24, 2.45) is 5.10 Å². The lowest BCUT2D eigenvalue weighted by atomic mass is 9.97. The van der Waals surface area contributed by atoms with E-state index in [1.54, 1.807) is 13.3 Å². The molecule has 26 heavy (non-hydrogen) atoms. The topological polar surface area (TPSA) is 74.7 Å². The molecular formula is C20H26N4O2. The molecule has 2 aromatic rings. The zero-order valence-electron chi connectivity index (χ0n) is 16.3. The van der Waals surface area contributed by atoms with Gasteiger partial charge in [0.1, 0.15) is 6.07 Å². The molecule has 2 rings (SSSR count). The zero-order chi connectivity index (χ0) is 19.3. The number of hydrazone groups is 1. The quantitative estimate of drug-likeness (QED) is 0.573. The van der Waals surface area contributed by atoms with Crippen LogP contribution >= 0.6 is 0 Å². The van der Waals surface area contributed by atoms with Crippen LogP contribution in [0.1, 0.15) is 57.3 Å². The van der Waals surface area contributed by atoms with Crippen LogP contribution < -0.4 is 5.01 Å². The van der Waals surface area contributed by atoms with Crippen molar-refractivity contribution < 1.29 is 9.15 Å². The Hall–Kier alpha value is -2.65. The number of aromatic nitrogens is 1. The molecule has 1 aromatic heterocycles. The van der Waals surface area contributed by atoms with Gasteiger partial charge in [-0.1, -0.05) is 45.0 Å². The third kappa shape index (κ3) is 5.17. The summed E-state index contributed by atoms with van der Waals surface area (Å²) < 4.78 is 11.3. The van der Waals surface area contributed by atoms with Gasteiger partial charge in [0.25, 0.3) is 5.88 Å². The van der Waals surface area contributed by atoms with E-state index in [4.69, 9.17) is 9.15 Å². The largest absolute Gasteiger partial charge is 0.421 e. The van der Waals surface area contributed by atoms with Gasteiger partial charge in [-0.2, -0.15) is 15.3 Å². The number of ether oxygens (including phenoxy) is 1. The second kappa shape index (κ2) is 8.15. The number of benzene rings is 1. The van der Waals surface area contributed by atoms with E-state index >= 15 is 0 Å². The van der Waals surface area contributed by atoms with Crippen molar-refractivity contribution in [2.45, 2.75) is 52.7 Å². The van der Waals surface area contributed by atoms with Crippen molar-refractivity contribution in [1.82, 2.24) is 4.98 Å². The minimum atomic E-state index is -0.276. The van der Waals surface area contributed by atoms with Crippen molar-refractivity contribution in [1.29, 1.82) is 5.26 Å². The predicted octanol–water partition coefficient (Wildman–Crippen LogP) is 4.24. The summed E-state index contributed by atoms with van der Waals surface area (Å²) >= 11 is 0. The number of nitriles is 1. The Kier molecular flexibility index (Phi) is 6.17. The van der Waals surface area contributed by atoms with Gasteiger partial charge in [0.2, 0.25) is 11.6 Å². The molecule has 0 fully saturated rings. The maximum atomic E-state index is 9.29. The highest BCUT2D eigenvalue weighted by atomic mass is 16.5. The number of nitrogens with zero attached hydrogens (tertiary/aromatic N) is 4. The second-order valence-corrected chi connectivity index (χ2v) is 7.40. The van der Waals surface area contributed by atoms with Crippen LogP contribution in [0.2, 0.25) is 0 Å². The Labute approximate surface area is 155 Å². The first-order valence-corrected chi connectivity index (χ1v) is 8.60. The molecule has 0 saturated heterocycles. The number of rotatable bonds is 6. The molecule has 6 heteroatoms. The van der Waals surface area contributed by atoms with E-state index in [0.29, 0.717) is 18.4 Å². The number of hydrogen-bond donors (Lipinski definition) is 0. The summed E-state index contributed by atoms with van der Waals surface area (Å²) in [6.45, 7) is 10.6. The molecule has 6 nitrogen and oxygen atoms in total. The van der Waals surface area contributed by atoms with Crippen LogP contribution in [0.25, 0.3) is 0 Å². The minimum absolute atomic E-state index is 0.208. The molecule has 1 heterocycles. The third-order valence-corrected chi connectivity index (χ3v) is 3.59. The van der Waals surface area contributed by atoms with Gasteiger partial charge >= 0.3 is 0 Å². The SMILES string of the molecule is CC(C)OCc1ccc(C=NN(C)c2oc(C(C)(C)C)nc2C#N)cc1. The van der Waals surface area contributed by atoms with Gasteiger partial charge in [0.15, 0.2) is 0 Å². The summed E-state index contributed by atoms with van der Waals surface area (Å²) in [7, 11) is 1.73. The Morgan fingerprint density at radius 3 is 2.50 bits per heavy atom. The molecule has 0 aliphatic heterocycles. The molecule has 0 amide bonds. The summed E-state index contributed by atoms with van der Waals surface area (Å²) in [6, 6.07) is 10.0. The second-order valence-electron chi connectivity index (χ2n) is 7.40. The average Bonchev–Trinajstić information content (AvgIpc) is 3.03. The van der Waals surface area contributed by atoms with Crippen LogP contribution in [0.5, 0.6) is 0 Å². The molecule has 1 aromatic carbocycles. The molecule has 138 valence electrons. The van der Waals surface area contributed by atoms with Gasteiger partial charge in [0.05, 0.1) is 18.9 Å². The lowest BCUT2D eigenvalue weighted by molar-refractivity contribution is 0.0657. The highest BCUT2D eigenvalue weighted by Gasteiger charge is 2.25. The predicted molar refractivity (Wildman–Crippen MR) is 102 cm³/mol. The van der Waals surface area contributed by atoms with Gasteiger partial charge < -0.3 is 9.15 Å². The van der Waals surface area contributed by atoms with E-state index in [1.807, 2.05) is 58.9 Å². The van der Waals surface area contributed by atoms with E-state index in [2.05, 4.69) is 16.2 Å². The average molecular weight is 354 g/mol. The summed E-state index contributed by atoms with van der Waals surface area (Å²) in [5.41, 5.74) is 2.01. The molecule has 0 spiro atoms. The summed E-state index contributed by atoms with van der Waals surface area (Å²) in [5, 5.41) is 15.2. The highest BCUT2D eigenvalue weighted by Crippen LogP contribution is 2.28. The minimum Gasteiger partial charge on any atom is -0.421 e. The fraction of sp³-hybridized carbons (Fsp3) is 0.450. The summed E-state index contributed by atoms with van der Waals surface area (Å²) in [5.74, 6) is 0.858. The molecule has 0 aliphatic rings. The van der Waals surface area contributed by atoms with Gasteiger partial charge in [0, 0.05) is 12.5 Å². The van der Waals surface area contributed by atoms with Crippen LogP contribution in [0.3, 0.4) is 0 Å². The standard InChI is InChI=1S/C20H26N4O2/c1-14(2)25-13-16-9-7-15(8-10-16)12-22-24(6)18-17(11-21)23-19(26-18)20(3,4)5/h7-10,12,14H,13H2,1-6H3. The Balaban J connectivity index is 2.11. The van der Waals surface area contributed by atoms with E-state index in [-0.39, 0.29) is 17.2 Å². The fourth-order valence-corrected chi connectivity index (χ4v) is 2.09. The van der Waals surface area contributed by atoms with Gasteiger partial charge in [-0.05, 0) is 25.0 Å². The van der Waals surface area contributed by atoms with Gasteiger partial charge in [-0.25, -0.2) is 5.01 Å². The van der Waals surface area contributed by atoms with Crippen LogP contribution in [-0.4, -0.2) is 24.4 Å². The van der Waals surface area contributed by atoms with Crippen molar-refractivity contribution in [2.75, 3.05) is 12.1 Å². The van der Waals surface area contributed by atoms with Crippen molar-refractivity contribution in [3.05, 3.63) is 47.0 Å². The molecule has 0 atom stereocenters. The Bertz CT molecular complexity index is 793. The van der Waals surface area contributed by atoms with E-state index in [0.717, 1.165) is 11.1 Å². The van der Waals surface area contributed by atoms with E-state index < -0.39 is 0 Å². The monoisotopic (exact) mass is 354 g/mol. The van der Waals surface area contributed by atoms with Gasteiger partial charge in [-0.3, -0.25) is 0 Å². The van der Waals surface area contributed by atoms with Crippen molar-refractivity contribution >= 4 is 12.1 Å². The lowest BCUT2D eigenvalue weighted by Crippen LogP contribution is -2.11. The van der Waals surface area contributed by atoms with Crippen LogP contribution in [0.4, 0.5) is 5.88 Å². The maximum Gasteiger partial charge on any atom is 0.254 e. The zero-order valence-corrected chi connectivity index (χ0v) is 16.3. The molecule has 0 unspecified atom stereocenters. The number of hydrogen-bond acceptors (Lipinski definition) is 6. The normalized spacial score (nSPS) is 11.9. The highest BCUT2D eigenvalue weighted by molar-refractivity contribution is 5.80. The number of oxazole rings is 1. The first-order chi connectivity index (χ1) is 12.2. The smallest absolute Gasteiger partial charge is 0.254 e. The molecule has 0 saturated carbocycles. The first kappa shape index (κ1) is 19.7. The number of anilines is 1. The summed E-state index contributed by atoms with van der Waals surface area (Å²) in [4.78, 5) is 4.27. The maximum absolute atomic E-state index is 9.29. The van der Waals surface area contributed by atoms with Crippen LogP contribution in [0, 0.1) is 11.3 Å². The van der Waals surface area contributed by atoms with Crippen LogP contribution in [-0.2, 0) is 16.8 Å². The molecule has 0 aliphatic carbocycles. The van der Waals surface area contributed by atoms with Crippen molar-refractivity contribution in [3.63, 3.8) is 0 Å². The first-order valence-electron chi connectivity index (χ1n) is 8.60. The Morgan fingerprint density at radius 2 is 1.96 bits per heavy atom. The molecule has 0 radical (unpaired) electrons. The van der Waals surface area contributed by atoms with Gasteiger partial charge in [-0.15, -0.1) is 0 Å². The molecular weight excluding hydrogens is 328 g/mol. The summed E-state index contributed by atoms with van der Waals surface area (Å²) in [6.07, 6.45) is 1.92. The lowest BCUT2D eigenvalue weighted by Gasteiger charge is -2.13.